The zero-order valence-electron chi connectivity index (χ0n) is 13.5. The molecule has 0 aromatic carbocycles. The molecule has 7 heteroatoms. The first-order valence-electron chi connectivity index (χ1n) is 7.33. The molecular formula is C15H24ClN5O. The van der Waals surface area contributed by atoms with Crippen molar-refractivity contribution in [2.45, 2.75) is 45.4 Å². The van der Waals surface area contributed by atoms with Gasteiger partial charge in [0, 0.05) is 20.5 Å². The van der Waals surface area contributed by atoms with Crippen molar-refractivity contribution in [2.24, 2.45) is 10.1 Å². The molecule has 22 heavy (non-hydrogen) atoms. The first-order valence-corrected chi connectivity index (χ1v) is 7.71. The van der Waals surface area contributed by atoms with Crippen molar-refractivity contribution in [1.82, 2.24) is 10.3 Å². The van der Waals surface area contributed by atoms with Crippen LogP contribution in [0, 0.1) is 11.3 Å². The van der Waals surface area contributed by atoms with Gasteiger partial charge in [-0.05, 0) is 6.42 Å². The fraction of sp³-hybridized carbons (Fsp3) is 0.600. The van der Waals surface area contributed by atoms with Crippen LogP contribution in [0.5, 0.6) is 0 Å². The van der Waals surface area contributed by atoms with Gasteiger partial charge >= 0.3 is 0 Å². The highest BCUT2D eigenvalue weighted by atomic mass is 35.5. The molecule has 1 amide bonds. The van der Waals surface area contributed by atoms with Crippen LogP contribution in [0.15, 0.2) is 20.8 Å². The minimum absolute atomic E-state index is 0.0220. The first-order chi connectivity index (χ1) is 10.5. The molecule has 0 spiro atoms. The highest BCUT2D eigenvalue weighted by Gasteiger charge is 2.01. The smallest absolute Gasteiger partial charge is 0.240 e. The average Bonchev–Trinajstić information content (AvgIpc) is 2.49. The van der Waals surface area contributed by atoms with Crippen LogP contribution in [0.4, 0.5) is 0 Å². The van der Waals surface area contributed by atoms with E-state index in [9.17, 15) is 4.79 Å². The number of unbranched alkanes of at least 4 members (excludes halogenated alkanes) is 4. The van der Waals surface area contributed by atoms with Crippen LogP contribution in [0.2, 0.25) is 0 Å². The standard InChI is InChI=1S/C15H24ClN5O/c1-4-5-6-7-8-9-14(22)20-19-11-13(10-17)15(16)18-12-21(2)3/h11-12H,4-9H2,1-3H3,(H,20,22). The van der Waals surface area contributed by atoms with Crippen molar-refractivity contribution in [2.75, 3.05) is 14.1 Å². The molecule has 0 saturated heterocycles. The van der Waals surface area contributed by atoms with Gasteiger partial charge in [0.2, 0.25) is 5.91 Å². The zero-order valence-corrected chi connectivity index (χ0v) is 14.2. The van der Waals surface area contributed by atoms with E-state index < -0.39 is 0 Å². The van der Waals surface area contributed by atoms with Gasteiger partial charge in [-0.3, -0.25) is 4.79 Å². The molecule has 0 rings (SSSR count). The highest BCUT2D eigenvalue weighted by molar-refractivity contribution is 6.31. The van der Waals surface area contributed by atoms with E-state index in [0.717, 1.165) is 19.3 Å². The van der Waals surface area contributed by atoms with E-state index in [-0.39, 0.29) is 16.6 Å². The topological polar surface area (TPSA) is 80.8 Å². The largest absolute Gasteiger partial charge is 0.369 e. The molecule has 0 aromatic heterocycles. The number of amides is 1. The highest BCUT2D eigenvalue weighted by Crippen LogP contribution is 2.08. The molecule has 0 saturated carbocycles. The maximum Gasteiger partial charge on any atom is 0.240 e. The Kier molecular flexibility index (Phi) is 11.7. The Hall–Kier alpha value is -1.87. The Labute approximate surface area is 137 Å². The van der Waals surface area contributed by atoms with E-state index in [2.05, 4.69) is 22.4 Å². The lowest BCUT2D eigenvalue weighted by Gasteiger charge is -2.02. The number of halogens is 1. The van der Waals surface area contributed by atoms with Crippen LogP contribution < -0.4 is 5.43 Å². The summed E-state index contributed by atoms with van der Waals surface area (Å²) in [5.41, 5.74) is 2.47. The van der Waals surface area contributed by atoms with Crippen LogP contribution in [-0.2, 0) is 4.79 Å². The number of aliphatic imine (C=N–C) groups is 1. The maximum absolute atomic E-state index is 11.5. The van der Waals surface area contributed by atoms with Gasteiger partial charge in [-0.2, -0.15) is 10.4 Å². The van der Waals surface area contributed by atoms with Crippen molar-refractivity contribution >= 4 is 30.1 Å². The summed E-state index contributed by atoms with van der Waals surface area (Å²) in [5, 5.41) is 12.7. The van der Waals surface area contributed by atoms with Gasteiger partial charge in [-0.15, -0.1) is 0 Å². The maximum atomic E-state index is 11.5. The van der Waals surface area contributed by atoms with Gasteiger partial charge in [0.05, 0.1) is 12.6 Å². The second kappa shape index (κ2) is 12.8. The number of carbonyl (C=O) groups is 1. The number of hydrogen-bond donors (Lipinski definition) is 1. The SMILES string of the molecule is CCCCCCCC(=O)NN=CC(C#N)=C(Cl)N=CN(C)C. The van der Waals surface area contributed by atoms with E-state index in [1.807, 2.05) is 6.07 Å². The predicted octanol–water partition coefficient (Wildman–Crippen LogP) is 3.01. The molecular weight excluding hydrogens is 302 g/mol. The molecule has 122 valence electrons. The molecule has 6 nitrogen and oxygen atoms in total. The molecule has 0 atom stereocenters. The normalized spacial score (nSPS) is 12.3. The fourth-order valence-electron chi connectivity index (χ4n) is 1.48. The number of rotatable bonds is 10. The van der Waals surface area contributed by atoms with E-state index >= 15 is 0 Å². The Morgan fingerprint density at radius 2 is 2.00 bits per heavy atom. The molecule has 0 bridgehead atoms. The number of hydrogen-bond acceptors (Lipinski definition) is 4. The summed E-state index contributed by atoms with van der Waals surface area (Å²) in [6.07, 6.45) is 8.51. The van der Waals surface area contributed by atoms with Crippen LogP contribution in [0.25, 0.3) is 0 Å². The molecule has 0 radical (unpaired) electrons. The monoisotopic (exact) mass is 325 g/mol. The van der Waals surface area contributed by atoms with E-state index in [1.165, 1.54) is 25.4 Å². The third-order valence-corrected chi connectivity index (χ3v) is 2.94. The van der Waals surface area contributed by atoms with Gasteiger partial charge in [-0.1, -0.05) is 44.2 Å². The molecule has 0 unspecified atom stereocenters. The van der Waals surface area contributed by atoms with E-state index in [4.69, 9.17) is 16.9 Å². The van der Waals surface area contributed by atoms with Crippen LogP contribution in [0.3, 0.4) is 0 Å². The Morgan fingerprint density at radius 3 is 2.59 bits per heavy atom. The van der Waals surface area contributed by atoms with Crippen molar-refractivity contribution in [3.63, 3.8) is 0 Å². The summed E-state index contributed by atoms with van der Waals surface area (Å²) in [6.45, 7) is 2.15. The number of carbonyl (C=O) groups excluding carboxylic acids is 1. The van der Waals surface area contributed by atoms with Gasteiger partial charge in [0.15, 0.2) is 0 Å². The lowest BCUT2D eigenvalue weighted by atomic mass is 10.1. The van der Waals surface area contributed by atoms with Gasteiger partial charge in [0.25, 0.3) is 0 Å². The summed E-state index contributed by atoms with van der Waals surface area (Å²) < 4.78 is 0. The number of hydrazone groups is 1. The summed E-state index contributed by atoms with van der Waals surface area (Å²) >= 11 is 5.87. The second-order valence-electron chi connectivity index (χ2n) is 4.98. The summed E-state index contributed by atoms with van der Waals surface area (Å²) in [7, 11) is 3.57. The Bertz CT molecular complexity index is 463. The second-order valence-corrected chi connectivity index (χ2v) is 5.34. The van der Waals surface area contributed by atoms with Crippen molar-refractivity contribution in [1.29, 1.82) is 5.26 Å². The predicted molar refractivity (Wildman–Crippen MR) is 90.7 cm³/mol. The first kappa shape index (κ1) is 20.1. The average molecular weight is 326 g/mol. The van der Waals surface area contributed by atoms with Crippen LogP contribution in [0.1, 0.15) is 45.4 Å². The molecule has 0 aliphatic heterocycles. The zero-order chi connectivity index (χ0) is 16.8. The fourth-order valence-corrected chi connectivity index (χ4v) is 1.61. The third kappa shape index (κ3) is 10.9. The lowest BCUT2D eigenvalue weighted by Crippen LogP contribution is -2.17. The molecule has 0 heterocycles. The minimum Gasteiger partial charge on any atom is -0.369 e. The quantitative estimate of drug-likeness (QED) is 0.167. The summed E-state index contributed by atoms with van der Waals surface area (Å²) in [5.74, 6) is -0.169. The molecule has 0 aliphatic carbocycles. The number of nitrogens with zero attached hydrogens (tertiary/aromatic N) is 4. The molecule has 1 N–H and O–H groups in total. The van der Waals surface area contributed by atoms with Crippen molar-refractivity contribution in [3.05, 3.63) is 10.7 Å². The van der Waals surface area contributed by atoms with Gasteiger partial charge in [0.1, 0.15) is 16.8 Å². The van der Waals surface area contributed by atoms with Gasteiger partial charge < -0.3 is 4.90 Å². The van der Waals surface area contributed by atoms with Gasteiger partial charge in [-0.25, -0.2) is 10.4 Å². The molecule has 0 fully saturated rings. The molecule has 0 aliphatic rings. The summed E-state index contributed by atoms with van der Waals surface area (Å²) in [6, 6.07) is 1.88. The van der Waals surface area contributed by atoms with E-state index in [0.29, 0.717) is 6.42 Å². The summed E-state index contributed by atoms with van der Waals surface area (Å²) in [4.78, 5) is 17.1. The number of nitrogens with one attached hydrogen (secondary N) is 1. The minimum atomic E-state index is -0.169. The lowest BCUT2D eigenvalue weighted by molar-refractivity contribution is -0.121. The third-order valence-electron chi connectivity index (χ3n) is 2.64. The van der Waals surface area contributed by atoms with Crippen LogP contribution >= 0.6 is 11.6 Å². The molecule has 0 aromatic rings. The Morgan fingerprint density at radius 1 is 1.32 bits per heavy atom. The van der Waals surface area contributed by atoms with Crippen molar-refractivity contribution in [3.8, 4) is 6.07 Å². The number of nitriles is 1. The van der Waals surface area contributed by atoms with E-state index in [1.54, 1.807) is 19.0 Å². The van der Waals surface area contributed by atoms with Crippen LogP contribution in [-0.4, -0.2) is 37.5 Å². The van der Waals surface area contributed by atoms with Crippen molar-refractivity contribution < 1.29 is 4.79 Å². The number of allylic oxidation sites excluding steroid dienone is 1. The Balaban J connectivity index is 4.25.